The molecular weight excluding hydrogens is 344 g/mol. The van der Waals surface area contributed by atoms with Crippen LogP contribution in [0.15, 0.2) is 30.3 Å². The third-order valence-electron chi connectivity index (χ3n) is 3.40. The molecule has 1 aliphatic heterocycles. The maximum absolute atomic E-state index is 11.8. The molecular formula is C20H14FeO3+2. The summed E-state index contributed by atoms with van der Waals surface area (Å²) in [6.45, 7) is 0. The Morgan fingerprint density at radius 1 is 0.708 bits per heavy atom. The van der Waals surface area contributed by atoms with Crippen LogP contribution in [-0.2, 0) is 26.6 Å². The Labute approximate surface area is 154 Å². The Morgan fingerprint density at radius 2 is 1.25 bits per heavy atom. The normalized spacial score (nSPS) is 21.6. The summed E-state index contributed by atoms with van der Waals surface area (Å²) in [6, 6.07) is 6.95. The van der Waals surface area contributed by atoms with E-state index < -0.39 is 11.9 Å². The average molecular weight is 358 g/mol. The summed E-state index contributed by atoms with van der Waals surface area (Å²) in [5.41, 5.74) is 1.46. The van der Waals surface area contributed by atoms with Crippen molar-refractivity contribution in [2.75, 3.05) is 0 Å². The van der Waals surface area contributed by atoms with Crippen LogP contribution in [0.1, 0.15) is 15.9 Å². The molecule has 0 atom stereocenters. The largest absolute Gasteiger partial charge is 2.00 e. The Kier molecular flexibility index (Phi) is 7.26. The number of esters is 2. The summed E-state index contributed by atoms with van der Waals surface area (Å²) in [6.07, 6.45) is 19.3. The number of ether oxygens (including phenoxy) is 1. The zero-order chi connectivity index (χ0) is 16.1. The van der Waals surface area contributed by atoms with Crippen molar-refractivity contribution >= 4 is 17.5 Å². The fourth-order valence-electron chi connectivity index (χ4n) is 2.31. The Morgan fingerprint density at radius 3 is 1.83 bits per heavy atom. The predicted octanol–water partition coefficient (Wildman–Crippen LogP) is 3.19. The van der Waals surface area contributed by atoms with Crippen LogP contribution in [0, 0.1) is 63.7 Å². The van der Waals surface area contributed by atoms with Gasteiger partial charge in [-0.2, -0.15) is 0 Å². The van der Waals surface area contributed by atoms with Gasteiger partial charge in [-0.3, -0.25) is 0 Å². The number of hydrogen-bond donors (Lipinski definition) is 0. The first-order valence-electron chi connectivity index (χ1n) is 7.22. The van der Waals surface area contributed by atoms with E-state index in [1.165, 1.54) is 0 Å². The van der Waals surface area contributed by atoms with Crippen LogP contribution in [-0.4, -0.2) is 11.9 Å². The van der Waals surface area contributed by atoms with Crippen molar-refractivity contribution in [2.45, 2.75) is 0 Å². The van der Waals surface area contributed by atoms with Gasteiger partial charge in [0.15, 0.2) is 0 Å². The fourth-order valence-corrected chi connectivity index (χ4v) is 2.31. The van der Waals surface area contributed by atoms with Gasteiger partial charge in [0.25, 0.3) is 0 Å². The van der Waals surface area contributed by atoms with Gasteiger partial charge >= 0.3 is 29.0 Å². The first-order chi connectivity index (χ1) is 11.3. The van der Waals surface area contributed by atoms with Crippen molar-refractivity contribution in [1.29, 1.82) is 0 Å². The van der Waals surface area contributed by atoms with Crippen LogP contribution in [0.25, 0.3) is 5.57 Å². The van der Waals surface area contributed by atoms with Gasteiger partial charge in [-0.25, -0.2) is 9.59 Å². The third kappa shape index (κ3) is 4.58. The third-order valence-corrected chi connectivity index (χ3v) is 3.40. The number of fused-ring (bicyclic) bond motifs is 1. The fraction of sp³-hybridized carbons (Fsp3) is 0. The second-order valence-corrected chi connectivity index (χ2v) is 4.96. The van der Waals surface area contributed by atoms with Crippen molar-refractivity contribution in [3.05, 3.63) is 105 Å². The molecule has 0 bridgehead atoms. The number of hydrogen-bond acceptors (Lipinski definition) is 3. The summed E-state index contributed by atoms with van der Waals surface area (Å²) in [5.74, 6) is -0.277. The maximum atomic E-state index is 11.8. The van der Waals surface area contributed by atoms with E-state index in [0.29, 0.717) is 16.7 Å². The molecule has 1 aromatic rings. The van der Waals surface area contributed by atoms with Crippen molar-refractivity contribution < 1.29 is 31.4 Å². The minimum absolute atomic E-state index is 0. The number of rotatable bonds is 1. The number of allylic oxidation sites excluding steroid dienone is 1. The van der Waals surface area contributed by atoms with Crippen LogP contribution < -0.4 is 0 Å². The molecule has 3 nitrogen and oxygen atoms in total. The topological polar surface area (TPSA) is 43.4 Å². The summed E-state index contributed by atoms with van der Waals surface area (Å²) in [7, 11) is 0. The molecule has 3 aliphatic rings. The molecule has 4 heteroatoms. The minimum Gasteiger partial charge on any atom is -0.386 e. The average Bonchev–Trinajstić information content (AvgIpc) is 3.27. The van der Waals surface area contributed by atoms with E-state index in [1.807, 2.05) is 57.8 Å². The van der Waals surface area contributed by atoms with E-state index in [4.69, 9.17) is 4.74 Å². The molecule has 0 aromatic heterocycles. The zero-order valence-corrected chi connectivity index (χ0v) is 13.8. The second-order valence-electron chi connectivity index (χ2n) is 4.96. The van der Waals surface area contributed by atoms with Crippen molar-refractivity contribution in [2.24, 2.45) is 0 Å². The molecule has 10 radical (unpaired) electrons. The molecule has 4 rings (SSSR count). The Balaban J connectivity index is 0.000000300. The molecule has 118 valence electrons. The SMILES string of the molecule is O=C1OC(=O)c2ccccc2/C1=C\[C]1[CH][CH][CH][CH]1.[CH]1[CH][CH][CH][CH]1.[Fe+2]. The molecule has 1 heterocycles. The molecule has 0 spiro atoms. The van der Waals surface area contributed by atoms with E-state index in [-0.39, 0.29) is 17.1 Å². The van der Waals surface area contributed by atoms with Gasteiger partial charge in [0, 0.05) is 11.5 Å². The van der Waals surface area contributed by atoms with Crippen molar-refractivity contribution in [3.8, 4) is 0 Å². The molecule has 0 amide bonds. The number of benzene rings is 1. The molecule has 2 aliphatic carbocycles. The minimum atomic E-state index is -0.597. The summed E-state index contributed by atoms with van der Waals surface area (Å²) < 4.78 is 4.73. The molecule has 0 unspecified atom stereocenters. The first kappa shape index (κ1) is 19.0. The first-order valence-corrected chi connectivity index (χ1v) is 7.22. The number of carbonyl (C=O) groups excluding carboxylic acids is 2. The van der Waals surface area contributed by atoms with E-state index >= 15 is 0 Å². The van der Waals surface area contributed by atoms with E-state index in [2.05, 4.69) is 0 Å². The molecule has 1 aromatic carbocycles. The van der Waals surface area contributed by atoms with E-state index in [0.717, 1.165) is 5.92 Å². The molecule has 24 heavy (non-hydrogen) atoms. The molecule has 2 saturated carbocycles. The quantitative estimate of drug-likeness (QED) is 0.335. The number of carbonyl (C=O) groups is 2. The van der Waals surface area contributed by atoms with Gasteiger partial charge in [-0.05, 0) is 63.9 Å². The summed E-state index contributed by atoms with van der Waals surface area (Å²) >= 11 is 0. The standard InChI is InChI=1S/C15H9O3.C5H5.Fe/c16-14-12-8-4-3-7-11(12)13(15(17)18-14)9-10-5-1-2-6-10;1-2-4-5-3-1;/h1-9H;1-5H;/q;;+2/b13-9+;;. The van der Waals surface area contributed by atoms with Crippen LogP contribution in [0.3, 0.4) is 0 Å². The van der Waals surface area contributed by atoms with Crippen LogP contribution in [0.2, 0.25) is 0 Å². The van der Waals surface area contributed by atoms with Crippen LogP contribution in [0.5, 0.6) is 0 Å². The van der Waals surface area contributed by atoms with Gasteiger partial charge in [-0.1, -0.05) is 24.3 Å². The summed E-state index contributed by atoms with van der Waals surface area (Å²) in [4.78, 5) is 23.4. The van der Waals surface area contributed by atoms with Gasteiger partial charge in [0.1, 0.15) is 0 Å². The molecule has 0 N–H and O–H groups in total. The maximum Gasteiger partial charge on any atom is 2.00 e. The van der Waals surface area contributed by atoms with Crippen molar-refractivity contribution in [3.63, 3.8) is 0 Å². The summed E-state index contributed by atoms with van der Waals surface area (Å²) in [5, 5.41) is 0. The van der Waals surface area contributed by atoms with Gasteiger partial charge in [0.2, 0.25) is 0 Å². The number of cyclic esters (lactones) is 2. The molecule has 0 saturated heterocycles. The second kappa shape index (κ2) is 9.19. The molecule has 2 fully saturated rings. The monoisotopic (exact) mass is 358 g/mol. The van der Waals surface area contributed by atoms with Gasteiger partial charge < -0.3 is 4.74 Å². The predicted molar refractivity (Wildman–Crippen MR) is 86.8 cm³/mol. The van der Waals surface area contributed by atoms with E-state index in [9.17, 15) is 9.59 Å². The van der Waals surface area contributed by atoms with Gasteiger partial charge in [-0.15, -0.1) is 0 Å². The zero-order valence-electron chi connectivity index (χ0n) is 12.7. The van der Waals surface area contributed by atoms with Gasteiger partial charge in [0.05, 0.1) is 11.1 Å². The smallest absolute Gasteiger partial charge is 0.386 e. The van der Waals surface area contributed by atoms with Crippen LogP contribution >= 0.6 is 0 Å². The van der Waals surface area contributed by atoms with E-state index in [1.54, 1.807) is 30.3 Å². The van der Waals surface area contributed by atoms with Crippen molar-refractivity contribution in [1.82, 2.24) is 0 Å². The van der Waals surface area contributed by atoms with Crippen LogP contribution in [0.4, 0.5) is 0 Å². The Hall–Kier alpha value is -1.38. The Bertz CT molecular complexity index is 603.